The normalized spacial score (nSPS) is 27.9. The van der Waals surface area contributed by atoms with Crippen LogP contribution in [0.3, 0.4) is 0 Å². The molecule has 8 heteroatoms. The first-order valence-corrected chi connectivity index (χ1v) is 9.49. The molecule has 0 unspecified atom stereocenters. The first-order chi connectivity index (χ1) is 14.5. The number of benzene rings is 2. The minimum atomic E-state index is -1.14. The van der Waals surface area contributed by atoms with Gasteiger partial charge in [-0.1, -0.05) is 30.3 Å². The number of hydrogen-bond acceptors (Lipinski definition) is 7. The summed E-state index contributed by atoms with van der Waals surface area (Å²) in [7, 11) is 1.23. The van der Waals surface area contributed by atoms with Crippen LogP contribution in [0.1, 0.15) is 22.0 Å². The van der Waals surface area contributed by atoms with Crippen molar-refractivity contribution in [2.24, 2.45) is 11.8 Å². The summed E-state index contributed by atoms with van der Waals surface area (Å²) in [5, 5.41) is 3.07. The number of ether oxygens (including phenoxy) is 3. The molecule has 2 saturated heterocycles. The lowest BCUT2D eigenvalue weighted by Gasteiger charge is -2.34. The van der Waals surface area contributed by atoms with Crippen LogP contribution < -0.4 is 5.32 Å². The fourth-order valence-corrected chi connectivity index (χ4v) is 4.15. The van der Waals surface area contributed by atoms with Gasteiger partial charge in [0.15, 0.2) is 5.78 Å². The second-order valence-electron chi connectivity index (χ2n) is 7.22. The number of esters is 2. The third kappa shape index (κ3) is 3.71. The highest BCUT2D eigenvalue weighted by Crippen LogP contribution is 2.43. The second-order valence-corrected chi connectivity index (χ2v) is 7.22. The standard InChI is InChI=1S/C22H20FNO6/c1-28-21(27)19-17-16(18(24-19)13-8-5-9-14(23)10-13)15(25)11-29-22(17)30-20(26)12-6-3-2-4-7-12/h2-10,16-19,22,24H,11H2,1H3/t16-,17+,18-,19-,22+/m0/s1. The molecule has 30 heavy (non-hydrogen) atoms. The number of rotatable bonds is 4. The Morgan fingerprint density at radius 2 is 1.90 bits per heavy atom. The van der Waals surface area contributed by atoms with Crippen LogP contribution in [0.4, 0.5) is 4.39 Å². The summed E-state index contributed by atoms with van der Waals surface area (Å²) >= 11 is 0. The van der Waals surface area contributed by atoms with Crippen molar-refractivity contribution in [3.05, 3.63) is 71.5 Å². The summed E-state index contributed by atoms with van der Waals surface area (Å²) in [6, 6.07) is 12.5. The highest BCUT2D eigenvalue weighted by molar-refractivity contribution is 5.90. The lowest BCUT2D eigenvalue weighted by Crippen LogP contribution is -2.49. The molecule has 0 radical (unpaired) electrons. The minimum Gasteiger partial charge on any atom is -0.468 e. The number of fused-ring (bicyclic) bond motifs is 1. The average molecular weight is 413 g/mol. The van der Waals surface area contributed by atoms with Gasteiger partial charge in [-0.15, -0.1) is 0 Å². The lowest BCUT2D eigenvalue weighted by atomic mass is 9.79. The minimum absolute atomic E-state index is 0.264. The van der Waals surface area contributed by atoms with Gasteiger partial charge in [-0.05, 0) is 29.8 Å². The summed E-state index contributed by atoms with van der Waals surface area (Å²) < 4.78 is 29.7. The Labute approximate surface area is 172 Å². The van der Waals surface area contributed by atoms with E-state index < -0.39 is 48.0 Å². The molecule has 0 amide bonds. The SMILES string of the molecule is COC(=O)[C@H]1N[C@@H](c2cccc(F)c2)[C@H]2C(=O)CO[C@H](OC(=O)c3ccccc3)[C@H]21. The van der Waals surface area contributed by atoms with Crippen molar-refractivity contribution < 1.29 is 33.0 Å². The van der Waals surface area contributed by atoms with Crippen LogP contribution in [0.2, 0.25) is 0 Å². The van der Waals surface area contributed by atoms with E-state index >= 15 is 0 Å². The van der Waals surface area contributed by atoms with Crippen molar-refractivity contribution in [2.75, 3.05) is 13.7 Å². The first-order valence-electron chi connectivity index (χ1n) is 9.49. The van der Waals surface area contributed by atoms with E-state index in [1.807, 2.05) is 0 Å². The van der Waals surface area contributed by atoms with E-state index in [1.54, 1.807) is 36.4 Å². The number of hydrogen-bond donors (Lipinski definition) is 1. The molecule has 0 saturated carbocycles. The number of carbonyl (C=O) groups is 3. The maximum atomic E-state index is 13.8. The number of halogens is 1. The van der Waals surface area contributed by atoms with Crippen molar-refractivity contribution in [1.29, 1.82) is 0 Å². The molecular weight excluding hydrogens is 393 g/mol. The van der Waals surface area contributed by atoms with Gasteiger partial charge in [-0.2, -0.15) is 0 Å². The predicted molar refractivity (Wildman–Crippen MR) is 102 cm³/mol. The maximum Gasteiger partial charge on any atom is 0.340 e. The number of Topliss-reactive ketones (excluding diaryl/α,β-unsaturated/α-hetero) is 1. The molecule has 2 heterocycles. The number of nitrogens with one attached hydrogen (secondary N) is 1. The van der Waals surface area contributed by atoms with Crippen LogP contribution in [-0.2, 0) is 23.8 Å². The largest absolute Gasteiger partial charge is 0.468 e. The Balaban J connectivity index is 1.67. The van der Waals surface area contributed by atoms with Gasteiger partial charge in [0.1, 0.15) is 18.5 Å². The third-order valence-electron chi connectivity index (χ3n) is 5.49. The zero-order valence-corrected chi connectivity index (χ0v) is 16.1. The molecule has 0 bridgehead atoms. The summed E-state index contributed by atoms with van der Waals surface area (Å²) in [6.07, 6.45) is -1.14. The molecule has 0 aromatic heterocycles. The Hall–Kier alpha value is -3.10. The zero-order valence-electron chi connectivity index (χ0n) is 16.1. The highest BCUT2D eigenvalue weighted by Gasteiger charge is 2.57. The van der Waals surface area contributed by atoms with Gasteiger partial charge in [-0.25, -0.2) is 9.18 Å². The number of methoxy groups -OCH3 is 1. The Morgan fingerprint density at radius 1 is 1.13 bits per heavy atom. The topological polar surface area (TPSA) is 90.9 Å². The van der Waals surface area contributed by atoms with E-state index in [-0.39, 0.29) is 12.4 Å². The zero-order chi connectivity index (χ0) is 21.3. The fraction of sp³-hybridized carbons (Fsp3) is 0.318. The quantitative estimate of drug-likeness (QED) is 0.767. The molecule has 4 rings (SSSR count). The molecular formula is C22H20FNO6. The monoisotopic (exact) mass is 413 g/mol. The van der Waals surface area contributed by atoms with Crippen molar-refractivity contribution in [3.8, 4) is 0 Å². The summed E-state index contributed by atoms with van der Waals surface area (Å²) in [5.41, 5.74) is 0.830. The van der Waals surface area contributed by atoms with E-state index in [0.29, 0.717) is 11.1 Å². The summed E-state index contributed by atoms with van der Waals surface area (Å²) in [5.74, 6) is -3.55. The lowest BCUT2D eigenvalue weighted by molar-refractivity contribution is -0.188. The Morgan fingerprint density at radius 3 is 2.60 bits per heavy atom. The van der Waals surface area contributed by atoms with Crippen LogP contribution >= 0.6 is 0 Å². The molecule has 2 fully saturated rings. The van der Waals surface area contributed by atoms with E-state index in [4.69, 9.17) is 14.2 Å². The molecule has 2 aliphatic rings. The molecule has 156 valence electrons. The number of ketones is 1. The molecule has 5 atom stereocenters. The van der Waals surface area contributed by atoms with Crippen LogP contribution in [-0.4, -0.2) is 43.8 Å². The molecule has 7 nitrogen and oxygen atoms in total. The Bertz CT molecular complexity index is 965. The van der Waals surface area contributed by atoms with Crippen LogP contribution in [0, 0.1) is 17.7 Å². The van der Waals surface area contributed by atoms with Crippen molar-refractivity contribution in [1.82, 2.24) is 5.32 Å². The van der Waals surface area contributed by atoms with E-state index in [2.05, 4.69) is 5.32 Å². The molecule has 2 aromatic rings. The molecule has 2 aliphatic heterocycles. The smallest absolute Gasteiger partial charge is 0.340 e. The van der Waals surface area contributed by atoms with E-state index in [0.717, 1.165) is 0 Å². The van der Waals surface area contributed by atoms with Crippen LogP contribution in [0.5, 0.6) is 0 Å². The van der Waals surface area contributed by atoms with Gasteiger partial charge >= 0.3 is 11.9 Å². The molecule has 1 N–H and O–H groups in total. The van der Waals surface area contributed by atoms with Crippen molar-refractivity contribution >= 4 is 17.7 Å². The van der Waals surface area contributed by atoms with Gasteiger partial charge in [-0.3, -0.25) is 14.9 Å². The van der Waals surface area contributed by atoms with Crippen LogP contribution in [0.15, 0.2) is 54.6 Å². The average Bonchev–Trinajstić information content (AvgIpc) is 3.17. The Kier molecular flexibility index (Phi) is 5.61. The van der Waals surface area contributed by atoms with Gasteiger partial charge < -0.3 is 14.2 Å². The summed E-state index contributed by atoms with van der Waals surface area (Å²) in [6.45, 7) is -0.282. The van der Waals surface area contributed by atoms with E-state index in [1.165, 1.54) is 25.3 Å². The maximum absolute atomic E-state index is 13.8. The van der Waals surface area contributed by atoms with Crippen LogP contribution in [0.25, 0.3) is 0 Å². The van der Waals surface area contributed by atoms with Gasteiger partial charge in [0, 0.05) is 6.04 Å². The fourth-order valence-electron chi connectivity index (χ4n) is 4.15. The van der Waals surface area contributed by atoms with Crippen molar-refractivity contribution in [3.63, 3.8) is 0 Å². The van der Waals surface area contributed by atoms with Gasteiger partial charge in [0.25, 0.3) is 0 Å². The molecule has 2 aromatic carbocycles. The van der Waals surface area contributed by atoms with Gasteiger partial charge in [0.05, 0.1) is 24.5 Å². The third-order valence-corrected chi connectivity index (χ3v) is 5.49. The molecule has 0 spiro atoms. The first kappa shape index (κ1) is 20.2. The highest BCUT2D eigenvalue weighted by atomic mass is 19.1. The van der Waals surface area contributed by atoms with E-state index in [9.17, 15) is 18.8 Å². The van der Waals surface area contributed by atoms with Gasteiger partial charge in [0.2, 0.25) is 6.29 Å². The number of carbonyl (C=O) groups excluding carboxylic acids is 3. The summed E-state index contributed by atoms with van der Waals surface area (Å²) in [4.78, 5) is 37.8. The predicted octanol–water partition coefficient (Wildman–Crippen LogP) is 2.03. The van der Waals surface area contributed by atoms with Crippen molar-refractivity contribution in [2.45, 2.75) is 18.4 Å². The molecule has 0 aliphatic carbocycles. The second kappa shape index (κ2) is 8.33.